The lowest BCUT2D eigenvalue weighted by Crippen LogP contribution is -2.29. The van der Waals surface area contributed by atoms with Crippen molar-refractivity contribution in [2.45, 2.75) is 25.8 Å². The Morgan fingerprint density at radius 2 is 2.14 bits per heavy atom. The van der Waals surface area contributed by atoms with Gasteiger partial charge in [-0.1, -0.05) is 18.8 Å². The average Bonchev–Trinajstić information content (AvgIpc) is 2.91. The number of likely N-dealkylation sites (tertiary alicyclic amines) is 1. The third-order valence-corrected chi connectivity index (χ3v) is 3.57. The Balaban J connectivity index is 2.09. The Hall–Kier alpha value is -0.520. The summed E-state index contributed by atoms with van der Waals surface area (Å²) in [5.74, 6) is 8.45. The molecule has 1 aliphatic heterocycles. The summed E-state index contributed by atoms with van der Waals surface area (Å²) in [7, 11) is 2.15. The van der Waals surface area contributed by atoms with Crippen molar-refractivity contribution >= 4 is 0 Å². The molecule has 0 bridgehead atoms. The molecular weight excluding hydrogens is 174 g/mol. The van der Waals surface area contributed by atoms with Crippen LogP contribution in [0.25, 0.3) is 0 Å². The van der Waals surface area contributed by atoms with Gasteiger partial charge in [0.15, 0.2) is 0 Å². The molecule has 1 aliphatic carbocycles. The first-order chi connectivity index (χ1) is 6.74. The van der Waals surface area contributed by atoms with E-state index in [4.69, 9.17) is 5.11 Å². The molecule has 1 N–H and O–H groups in total. The predicted octanol–water partition coefficient (Wildman–Crippen LogP) is 0.958. The third-order valence-electron chi connectivity index (χ3n) is 3.57. The molecule has 1 unspecified atom stereocenters. The van der Waals surface area contributed by atoms with Crippen LogP contribution in [-0.2, 0) is 0 Å². The number of hydrogen-bond acceptors (Lipinski definition) is 2. The topological polar surface area (TPSA) is 23.5 Å². The van der Waals surface area contributed by atoms with Gasteiger partial charge in [0, 0.05) is 6.54 Å². The van der Waals surface area contributed by atoms with Crippen LogP contribution in [0.1, 0.15) is 19.8 Å². The Bertz CT molecular complexity index is 261. The number of nitrogens with zero attached hydrogens (tertiary/aromatic N) is 1. The Kier molecular flexibility index (Phi) is 2.80. The van der Waals surface area contributed by atoms with Crippen LogP contribution in [0.4, 0.5) is 0 Å². The minimum Gasteiger partial charge on any atom is -0.384 e. The van der Waals surface area contributed by atoms with Crippen LogP contribution in [0.5, 0.6) is 0 Å². The van der Waals surface area contributed by atoms with Crippen LogP contribution < -0.4 is 0 Å². The molecule has 2 fully saturated rings. The fourth-order valence-electron chi connectivity index (χ4n) is 2.85. The van der Waals surface area contributed by atoms with Crippen molar-refractivity contribution in [2.24, 2.45) is 17.8 Å². The minimum absolute atomic E-state index is 0.00386. The Morgan fingerprint density at radius 3 is 2.71 bits per heavy atom. The first kappa shape index (κ1) is 10.0. The molecule has 1 saturated heterocycles. The van der Waals surface area contributed by atoms with Gasteiger partial charge < -0.3 is 5.11 Å². The van der Waals surface area contributed by atoms with E-state index >= 15 is 0 Å². The second kappa shape index (κ2) is 3.92. The standard InChI is InChI=1S/C12H19NO/c1-9-8-13(2)11(4-3-7-14)12(9)10-5-6-10/h9-12,14H,5-8H2,1-2H3/t9-,11?,12-/m1/s1. The summed E-state index contributed by atoms with van der Waals surface area (Å²) >= 11 is 0. The van der Waals surface area contributed by atoms with Gasteiger partial charge in [0.2, 0.25) is 0 Å². The van der Waals surface area contributed by atoms with E-state index in [-0.39, 0.29) is 6.61 Å². The highest BCUT2D eigenvalue weighted by Gasteiger charge is 2.45. The lowest BCUT2D eigenvalue weighted by molar-refractivity contribution is 0.309. The molecule has 0 aromatic rings. The maximum Gasteiger partial charge on any atom is 0.104 e. The van der Waals surface area contributed by atoms with Crippen molar-refractivity contribution in [3.05, 3.63) is 0 Å². The molecule has 1 saturated carbocycles. The molecule has 3 atom stereocenters. The predicted molar refractivity (Wildman–Crippen MR) is 56.7 cm³/mol. The number of hydrogen-bond donors (Lipinski definition) is 1. The van der Waals surface area contributed by atoms with Gasteiger partial charge in [-0.25, -0.2) is 0 Å². The van der Waals surface area contributed by atoms with E-state index in [1.165, 1.54) is 12.8 Å². The molecule has 78 valence electrons. The van der Waals surface area contributed by atoms with Gasteiger partial charge in [0.25, 0.3) is 0 Å². The van der Waals surface area contributed by atoms with Crippen LogP contribution in [0.15, 0.2) is 0 Å². The van der Waals surface area contributed by atoms with Crippen LogP contribution >= 0.6 is 0 Å². The molecule has 0 aromatic heterocycles. The van der Waals surface area contributed by atoms with Crippen molar-refractivity contribution in [3.8, 4) is 11.8 Å². The minimum atomic E-state index is -0.00386. The maximum absolute atomic E-state index is 8.73. The van der Waals surface area contributed by atoms with Crippen molar-refractivity contribution in [1.29, 1.82) is 0 Å². The summed E-state index contributed by atoms with van der Waals surface area (Å²) in [4.78, 5) is 2.34. The largest absolute Gasteiger partial charge is 0.384 e. The number of aliphatic hydroxyl groups excluding tert-OH is 1. The molecule has 0 aromatic carbocycles. The van der Waals surface area contributed by atoms with Crippen LogP contribution in [0.2, 0.25) is 0 Å². The van der Waals surface area contributed by atoms with Gasteiger partial charge in [0.05, 0.1) is 6.04 Å². The second-order valence-corrected chi connectivity index (χ2v) is 4.76. The van der Waals surface area contributed by atoms with Gasteiger partial charge in [-0.2, -0.15) is 0 Å². The summed E-state index contributed by atoms with van der Waals surface area (Å²) in [6.45, 7) is 3.49. The first-order valence-corrected chi connectivity index (χ1v) is 5.53. The van der Waals surface area contributed by atoms with Crippen molar-refractivity contribution < 1.29 is 5.11 Å². The molecule has 1 heterocycles. The lowest BCUT2D eigenvalue weighted by Gasteiger charge is -2.20. The van der Waals surface area contributed by atoms with Gasteiger partial charge in [-0.15, -0.1) is 0 Å². The quantitative estimate of drug-likeness (QED) is 0.627. The molecule has 14 heavy (non-hydrogen) atoms. The summed E-state index contributed by atoms with van der Waals surface area (Å²) in [5.41, 5.74) is 0. The lowest BCUT2D eigenvalue weighted by atomic mass is 9.87. The molecule has 2 rings (SSSR count). The summed E-state index contributed by atoms with van der Waals surface area (Å²) in [6.07, 6.45) is 2.78. The molecule has 2 aliphatic rings. The monoisotopic (exact) mass is 193 g/mol. The van der Waals surface area contributed by atoms with Crippen molar-refractivity contribution in [2.75, 3.05) is 20.2 Å². The van der Waals surface area contributed by atoms with Gasteiger partial charge >= 0.3 is 0 Å². The normalized spacial score (nSPS) is 38.1. The molecular formula is C12H19NO. The van der Waals surface area contributed by atoms with Gasteiger partial charge in [0.1, 0.15) is 6.61 Å². The summed E-state index contributed by atoms with van der Waals surface area (Å²) in [6, 6.07) is 0.393. The first-order valence-electron chi connectivity index (χ1n) is 5.53. The van der Waals surface area contributed by atoms with Gasteiger partial charge in [-0.3, -0.25) is 4.90 Å². The number of rotatable bonds is 1. The van der Waals surface area contributed by atoms with E-state index in [9.17, 15) is 0 Å². The van der Waals surface area contributed by atoms with E-state index in [1.807, 2.05) is 0 Å². The smallest absolute Gasteiger partial charge is 0.104 e. The van der Waals surface area contributed by atoms with Crippen molar-refractivity contribution in [3.63, 3.8) is 0 Å². The third kappa shape index (κ3) is 1.80. The highest BCUT2D eigenvalue weighted by atomic mass is 16.2. The fraction of sp³-hybridized carbons (Fsp3) is 0.833. The zero-order chi connectivity index (χ0) is 10.1. The van der Waals surface area contributed by atoms with Crippen LogP contribution in [-0.4, -0.2) is 36.2 Å². The summed E-state index contributed by atoms with van der Waals surface area (Å²) < 4.78 is 0. The van der Waals surface area contributed by atoms with E-state index in [2.05, 4.69) is 30.7 Å². The molecule has 2 heteroatoms. The van der Waals surface area contributed by atoms with E-state index in [0.717, 1.165) is 24.3 Å². The van der Waals surface area contributed by atoms with E-state index in [1.54, 1.807) is 0 Å². The Labute approximate surface area is 86.3 Å². The molecule has 0 amide bonds. The van der Waals surface area contributed by atoms with Crippen LogP contribution in [0, 0.1) is 29.6 Å². The molecule has 0 spiro atoms. The highest BCUT2D eigenvalue weighted by Crippen LogP contribution is 2.46. The Morgan fingerprint density at radius 1 is 1.43 bits per heavy atom. The number of aliphatic hydroxyl groups is 1. The SMILES string of the molecule is C[C@@H]1CN(C)C(C#CCO)[C@H]1C1CC1. The summed E-state index contributed by atoms with van der Waals surface area (Å²) in [5, 5.41) is 8.73. The maximum atomic E-state index is 8.73. The van der Waals surface area contributed by atoms with Gasteiger partial charge in [-0.05, 0) is 37.6 Å². The highest BCUT2D eigenvalue weighted by molar-refractivity contribution is 5.15. The van der Waals surface area contributed by atoms with Crippen LogP contribution in [0.3, 0.4) is 0 Å². The second-order valence-electron chi connectivity index (χ2n) is 4.76. The fourth-order valence-corrected chi connectivity index (χ4v) is 2.85. The zero-order valence-corrected chi connectivity index (χ0v) is 9.03. The van der Waals surface area contributed by atoms with Crippen molar-refractivity contribution in [1.82, 2.24) is 4.90 Å². The molecule has 2 nitrogen and oxygen atoms in total. The molecule has 0 radical (unpaired) electrons. The average molecular weight is 193 g/mol. The van der Waals surface area contributed by atoms with E-state index < -0.39 is 0 Å². The van der Waals surface area contributed by atoms with E-state index in [0.29, 0.717) is 6.04 Å². The zero-order valence-electron chi connectivity index (χ0n) is 9.03.